The molecule has 1 aromatic heterocycles. The van der Waals surface area contributed by atoms with E-state index in [0.29, 0.717) is 5.57 Å². The minimum Gasteiger partial charge on any atom is -0.451 e. The van der Waals surface area contributed by atoms with E-state index in [2.05, 4.69) is 11.6 Å². The van der Waals surface area contributed by atoms with E-state index in [1.165, 1.54) is 20.1 Å². The van der Waals surface area contributed by atoms with Gasteiger partial charge in [-0.2, -0.15) is 0 Å². The molecule has 0 aromatic carbocycles. The summed E-state index contributed by atoms with van der Waals surface area (Å²) in [6, 6.07) is 3.13. The Kier molecular flexibility index (Phi) is 4.27. The van der Waals surface area contributed by atoms with Gasteiger partial charge in [0.1, 0.15) is 34.2 Å². The minimum atomic E-state index is -2.42. The molecule has 6 aliphatic rings. The number of ether oxygens (including phenoxy) is 3. The van der Waals surface area contributed by atoms with E-state index < -0.39 is 68.7 Å². The molecule has 6 bridgehead atoms. The summed E-state index contributed by atoms with van der Waals surface area (Å²) in [5.74, 6) is -3.71. The molecule has 10 heteroatoms. The summed E-state index contributed by atoms with van der Waals surface area (Å²) in [5.41, 5.74) is -13.7. The molecule has 1 spiro atoms. The summed E-state index contributed by atoms with van der Waals surface area (Å²) >= 11 is 0. The molecule has 10 nitrogen and oxygen atoms in total. The molecule has 36 heavy (non-hydrogen) atoms. The van der Waals surface area contributed by atoms with Gasteiger partial charge in [0.25, 0.3) is 0 Å². The van der Waals surface area contributed by atoms with E-state index in [1.807, 2.05) is 0 Å². The van der Waals surface area contributed by atoms with Crippen molar-refractivity contribution in [2.45, 2.75) is 93.0 Å². The number of hydrogen-bond donors (Lipinski definition) is 6. The van der Waals surface area contributed by atoms with Crippen LogP contribution in [0, 0.1) is 16.7 Å². The molecule has 0 radical (unpaired) electrons. The first-order valence-corrected chi connectivity index (χ1v) is 12.4. The van der Waals surface area contributed by atoms with Gasteiger partial charge in [-0.3, -0.25) is 0 Å². The SMILES string of the molecule is C=C1CC[C@]2(O)[C@]3(C)C[C@]4(O)O[C@@]2(C1O)[C@]1(O)[C@@]3(OC)C(OC(=O)c2ccc[nH]2)[C@](O)(C(C)C)[C@@]14C. The summed E-state index contributed by atoms with van der Waals surface area (Å²) in [6.45, 7) is 10.4. The number of hydrogen-bond acceptors (Lipinski definition) is 9. The highest BCUT2D eigenvalue weighted by Gasteiger charge is 3.10. The summed E-state index contributed by atoms with van der Waals surface area (Å²) in [6.07, 6.45) is -1.55. The van der Waals surface area contributed by atoms with Crippen molar-refractivity contribution in [3.05, 3.63) is 36.2 Å². The predicted octanol–water partition coefficient (Wildman–Crippen LogP) is 0.387. The lowest BCUT2D eigenvalue weighted by molar-refractivity contribution is -0.383. The second-order valence-electron chi connectivity index (χ2n) is 12.2. The fourth-order valence-electron chi connectivity index (χ4n) is 9.73. The standard InChI is InChI=1S/C26H35NO9/c1-13(2)23(32)18(35-17(29)15-8-7-11-27-15)25(34-6)19(4)12-22(31)20(23,5)26(25,33)24(36-22)16(28)14(3)9-10-21(19,24)30/h7-8,11,13,16,18,27-28,30-33H,3,9-10,12H2,1-2,4-6H3/t16?,18?,19-,20-,21-,22-,23+,24+,25+,26-/m0/s1. The van der Waals surface area contributed by atoms with Crippen LogP contribution in [0.2, 0.25) is 0 Å². The molecule has 4 saturated carbocycles. The predicted molar refractivity (Wildman–Crippen MR) is 123 cm³/mol. The molecule has 2 unspecified atom stereocenters. The molecule has 10 atom stereocenters. The van der Waals surface area contributed by atoms with Crippen LogP contribution < -0.4 is 0 Å². The molecule has 2 saturated heterocycles. The number of methoxy groups -OCH3 is 1. The molecule has 6 N–H and O–H groups in total. The number of rotatable bonds is 4. The average Bonchev–Trinajstić information content (AvgIpc) is 3.44. The molecule has 0 amide bonds. The Bertz CT molecular complexity index is 1190. The Morgan fingerprint density at radius 3 is 2.47 bits per heavy atom. The van der Waals surface area contributed by atoms with E-state index in [0.717, 1.165) is 0 Å². The van der Waals surface area contributed by atoms with Crippen LogP contribution in [-0.2, 0) is 14.2 Å². The van der Waals surface area contributed by atoms with Crippen LogP contribution in [0.3, 0.4) is 0 Å². The van der Waals surface area contributed by atoms with Gasteiger partial charge in [0, 0.05) is 25.1 Å². The lowest BCUT2D eigenvalue weighted by atomic mass is 9.52. The highest BCUT2D eigenvalue weighted by Crippen LogP contribution is 2.91. The fourth-order valence-corrected chi connectivity index (χ4v) is 9.73. The van der Waals surface area contributed by atoms with Crippen LogP contribution >= 0.6 is 0 Å². The molecule has 7 rings (SSSR count). The zero-order valence-corrected chi connectivity index (χ0v) is 21.2. The Balaban J connectivity index is 1.73. The molecule has 2 aliphatic heterocycles. The molecular formula is C26H35NO9. The van der Waals surface area contributed by atoms with Crippen molar-refractivity contribution in [2.75, 3.05) is 7.11 Å². The molecule has 6 fully saturated rings. The number of aromatic amines is 1. The second-order valence-corrected chi connectivity index (χ2v) is 12.2. The van der Waals surface area contributed by atoms with Crippen molar-refractivity contribution in [3.63, 3.8) is 0 Å². The van der Waals surface area contributed by atoms with Gasteiger partial charge in [0.15, 0.2) is 17.5 Å². The maximum Gasteiger partial charge on any atom is 0.355 e. The number of esters is 1. The Hall–Kier alpha value is -1.79. The van der Waals surface area contributed by atoms with E-state index in [1.54, 1.807) is 33.0 Å². The van der Waals surface area contributed by atoms with Crippen molar-refractivity contribution in [2.24, 2.45) is 16.7 Å². The largest absolute Gasteiger partial charge is 0.451 e. The molecule has 4 aliphatic carbocycles. The maximum absolute atomic E-state index is 13.3. The van der Waals surface area contributed by atoms with E-state index in [4.69, 9.17) is 14.2 Å². The highest BCUT2D eigenvalue weighted by molar-refractivity contribution is 5.87. The quantitative estimate of drug-likeness (QED) is 0.251. The van der Waals surface area contributed by atoms with Gasteiger partial charge in [-0.25, -0.2) is 4.79 Å². The highest BCUT2D eigenvalue weighted by atomic mass is 16.7. The zero-order chi connectivity index (χ0) is 26.5. The van der Waals surface area contributed by atoms with Gasteiger partial charge in [-0.15, -0.1) is 0 Å². The normalized spacial score (nSPS) is 56.5. The summed E-state index contributed by atoms with van der Waals surface area (Å²) in [4.78, 5) is 16.1. The third-order valence-electron chi connectivity index (χ3n) is 11.2. The monoisotopic (exact) mass is 505 g/mol. The van der Waals surface area contributed by atoms with E-state index >= 15 is 0 Å². The van der Waals surface area contributed by atoms with Gasteiger partial charge < -0.3 is 44.7 Å². The van der Waals surface area contributed by atoms with Crippen LogP contribution in [0.5, 0.6) is 0 Å². The average molecular weight is 506 g/mol. The lowest BCUT2D eigenvalue weighted by Crippen LogP contribution is -2.74. The van der Waals surface area contributed by atoms with Crippen LogP contribution in [-0.4, -0.2) is 89.6 Å². The van der Waals surface area contributed by atoms with E-state index in [9.17, 15) is 30.3 Å². The fraction of sp³-hybridized carbons (Fsp3) is 0.731. The van der Waals surface area contributed by atoms with Crippen molar-refractivity contribution >= 4 is 5.97 Å². The summed E-state index contributed by atoms with van der Waals surface area (Å²) < 4.78 is 18.5. The molecular weight excluding hydrogens is 470 g/mol. The van der Waals surface area contributed by atoms with Gasteiger partial charge in [0.2, 0.25) is 0 Å². The third-order valence-corrected chi connectivity index (χ3v) is 11.2. The third kappa shape index (κ3) is 1.74. The summed E-state index contributed by atoms with van der Waals surface area (Å²) in [5, 5.41) is 62.0. The first-order chi connectivity index (χ1) is 16.6. The van der Waals surface area contributed by atoms with Gasteiger partial charge >= 0.3 is 5.97 Å². The number of nitrogens with one attached hydrogen (secondary N) is 1. The Morgan fingerprint density at radius 2 is 1.92 bits per heavy atom. The first kappa shape index (κ1) is 24.5. The van der Waals surface area contributed by atoms with Crippen molar-refractivity contribution in [3.8, 4) is 0 Å². The number of carbonyl (C=O) groups excluding carboxylic acids is 1. The van der Waals surface area contributed by atoms with Crippen LogP contribution in [0.4, 0.5) is 0 Å². The van der Waals surface area contributed by atoms with Crippen molar-refractivity contribution in [1.82, 2.24) is 4.98 Å². The van der Waals surface area contributed by atoms with Crippen LogP contribution in [0.15, 0.2) is 30.5 Å². The van der Waals surface area contributed by atoms with Gasteiger partial charge in [-0.05, 0) is 43.4 Å². The first-order valence-electron chi connectivity index (χ1n) is 12.4. The van der Waals surface area contributed by atoms with Crippen molar-refractivity contribution in [1.29, 1.82) is 0 Å². The second kappa shape index (κ2) is 6.26. The lowest BCUT2D eigenvalue weighted by Gasteiger charge is -2.60. The van der Waals surface area contributed by atoms with Gasteiger partial charge in [0.05, 0.1) is 5.41 Å². The molecule has 3 heterocycles. The van der Waals surface area contributed by atoms with Crippen LogP contribution in [0.25, 0.3) is 0 Å². The maximum atomic E-state index is 13.3. The minimum absolute atomic E-state index is 0.0520. The van der Waals surface area contributed by atoms with Gasteiger partial charge in [-0.1, -0.05) is 27.4 Å². The van der Waals surface area contributed by atoms with Crippen molar-refractivity contribution < 1.29 is 44.5 Å². The number of carbonyl (C=O) groups is 1. The van der Waals surface area contributed by atoms with Crippen LogP contribution in [0.1, 0.15) is 57.4 Å². The topological polar surface area (TPSA) is 162 Å². The number of H-pyrrole nitrogens is 1. The number of aliphatic hydroxyl groups excluding tert-OH is 1. The molecule has 1 aromatic rings. The Morgan fingerprint density at radius 1 is 1.25 bits per heavy atom. The molecule has 198 valence electrons. The number of aromatic nitrogens is 1. The smallest absolute Gasteiger partial charge is 0.355 e. The van der Waals surface area contributed by atoms with E-state index in [-0.39, 0.29) is 25.0 Å². The zero-order valence-electron chi connectivity index (χ0n) is 21.2. The summed E-state index contributed by atoms with van der Waals surface area (Å²) in [7, 11) is 1.32. The Labute approximate surface area is 208 Å². The number of aliphatic hydroxyl groups is 5.